The first-order chi connectivity index (χ1) is 11.5. The van der Waals surface area contributed by atoms with Crippen molar-refractivity contribution in [2.45, 2.75) is 12.7 Å². The second-order valence-electron chi connectivity index (χ2n) is 5.19. The maximum Gasteiger partial charge on any atom is 0.337 e. The van der Waals surface area contributed by atoms with Crippen LogP contribution in [0.3, 0.4) is 0 Å². The molecule has 0 saturated heterocycles. The van der Waals surface area contributed by atoms with E-state index in [4.69, 9.17) is 16.3 Å². The first-order valence-corrected chi connectivity index (χ1v) is 8.84. The van der Waals surface area contributed by atoms with E-state index in [0.29, 0.717) is 22.0 Å². The molecule has 0 spiro atoms. The first kappa shape index (κ1) is 18.4. The zero-order chi connectivity index (χ0) is 17.5. The van der Waals surface area contributed by atoms with Crippen LogP contribution in [0.15, 0.2) is 42.5 Å². The van der Waals surface area contributed by atoms with Crippen molar-refractivity contribution in [3.05, 3.63) is 64.2 Å². The second kappa shape index (κ2) is 8.76. The largest absolute Gasteiger partial charge is 0.465 e. The molecule has 2 rings (SSSR count). The molecule has 1 amide bonds. The monoisotopic (exact) mass is 363 g/mol. The van der Waals surface area contributed by atoms with Crippen LogP contribution in [0.4, 0.5) is 5.69 Å². The van der Waals surface area contributed by atoms with Crippen molar-refractivity contribution in [3.63, 3.8) is 0 Å². The van der Waals surface area contributed by atoms with Crippen LogP contribution >= 0.6 is 23.4 Å². The number of benzene rings is 2. The van der Waals surface area contributed by atoms with Crippen molar-refractivity contribution in [3.8, 4) is 0 Å². The molecule has 6 heteroatoms. The Balaban J connectivity index is 1.90. The van der Waals surface area contributed by atoms with Gasteiger partial charge in [-0.1, -0.05) is 29.8 Å². The quantitative estimate of drug-likeness (QED) is 0.777. The van der Waals surface area contributed by atoms with Gasteiger partial charge in [-0.25, -0.2) is 4.79 Å². The van der Waals surface area contributed by atoms with Crippen molar-refractivity contribution in [2.75, 3.05) is 18.2 Å². The standard InChI is InChI=1S/C18H18ClNO3S/c1-12-3-6-14(18(22)23-2)9-16(12)20-17(21)11-24-10-13-4-7-15(19)8-5-13/h3-9H,10-11H2,1-2H3,(H,20,21). The zero-order valence-electron chi connectivity index (χ0n) is 13.5. The Morgan fingerprint density at radius 1 is 1.17 bits per heavy atom. The molecule has 0 aromatic heterocycles. The van der Waals surface area contributed by atoms with Gasteiger partial charge in [0.1, 0.15) is 0 Å². The number of methoxy groups -OCH3 is 1. The van der Waals surface area contributed by atoms with Gasteiger partial charge in [0.2, 0.25) is 5.91 Å². The Morgan fingerprint density at radius 2 is 1.88 bits per heavy atom. The van der Waals surface area contributed by atoms with E-state index in [2.05, 4.69) is 5.32 Å². The molecule has 24 heavy (non-hydrogen) atoms. The Hall–Kier alpha value is -1.98. The van der Waals surface area contributed by atoms with Crippen molar-refractivity contribution in [1.82, 2.24) is 0 Å². The molecule has 0 aliphatic rings. The zero-order valence-corrected chi connectivity index (χ0v) is 15.0. The maximum atomic E-state index is 12.1. The predicted molar refractivity (Wildman–Crippen MR) is 98.8 cm³/mol. The van der Waals surface area contributed by atoms with Gasteiger partial charge in [-0.05, 0) is 42.3 Å². The minimum Gasteiger partial charge on any atom is -0.465 e. The number of hydrogen-bond donors (Lipinski definition) is 1. The number of thioether (sulfide) groups is 1. The number of anilines is 1. The number of carbonyl (C=O) groups is 2. The van der Waals surface area contributed by atoms with E-state index in [0.717, 1.165) is 16.9 Å². The molecule has 2 aromatic carbocycles. The molecule has 0 saturated carbocycles. The smallest absolute Gasteiger partial charge is 0.337 e. The molecule has 0 aliphatic heterocycles. The summed E-state index contributed by atoms with van der Waals surface area (Å²) in [4.78, 5) is 23.7. The van der Waals surface area contributed by atoms with Crippen LogP contribution < -0.4 is 5.32 Å². The number of amides is 1. The Morgan fingerprint density at radius 3 is 2.54 bits per heavy atom. The predicted octanol–water partition coefficient (Wildman–Crippen LogP) is 4.31. The molecular formula is C18H18ClNO3S. The van der Waals surface area contributed by atoms with Gasteiger partial charge < -0.3 is 10.1 Å². The summed E-state index contributed by atoms with van der Waals surface area (Å²) >= 11 is 7.36. The molecule has 1 N–H and O–H groups in total. The lowest BCUT2D eigenvalue weighted by atomic mass is 10.1. The van der Waals surface area contributed by atoms with Crippen LogP contribution in [0.5, 0.6) is 0 Å². The molecule has 4 nitrogen and oxygen atoms in total. The lowest BCUT2D eigenvalue weighted by Crippen LogP contribution is -2.15. The highest BCUT2D eigenvalue weighted by Crippen LogP contribution is 2.19. The maximum absolute atomic E-state index is 12.1. The van der Waals surface area contributed by atoms with Gasteiger partial charge in [-0.15, -0.1) is 11.8 Å². The summed E-state index contributed by atoms with van der Waals surface area (Å²) in [6.07, 6.45) is 0. The summed E-state index contributed by atoms with van der Waals surface area (Å²) in [5, 5.41) is 3.53. The second-order valence-corrected chi connectivity index (χ2v) is 6.61. The summed E-state index contributed by atoms with van der Waals surface area (Å²) < 4.78 is 4.69. The van der Waals surface area contributed by atoms with E-state index in [9.17, 15) is 9.59 Å². The third-order valence-corrected chi connectivity index (χ3v) is 4.60. The van der Waals surface area contributed by atoms with Gasteiger partial charge in [0, 0.05) is 16.5 Å². The van der Waals surface area contributed by atoms with Crippen molar-refractivity contribution < 1.29 is 14.3 Å². The number of nitrogens with one attached hydrogen (secondary N) is 1. The SMILES string of the molecule is COC(=O)c1ccc(C)c(NC(=O)CSCc2ccc(Cl)cc2)c1. The molecule has 0 radical (unpaired) electrons. The topological polar surface area (TPSA) is 55.4 Å². The van der Waals surface area contributed by atoms with Gasteiger partial charge in [-0.3, -0.25) is 4.79 Å². The first-order valence-electron chi connectivity index (χ1n) is 7.30. The van der Waals surface area contributed by atoms with Gasteiger partial charge >= 0.3 is 5.97 Å². The van der Waals surface area contributed by atoms with E-state index in [1.54, 1.807) is 18.2 Å². The number of rotatable bonds is 6. The number of esters is 1. The fraction of sp³-hybridized carbons (Fsp3) is 0.222. The Labute approximate surface area is 150 Å². The van der Waals surface area contributed by atoms with Gasteiger partial charge in [0.15, 0.2) is 0 Å². The average Bonchev–Trinajstić information content (AvgIpc) is 2.58. The minimum absolute atomic E-state index is 0.112. The number of aryl methyl sites for hydroxylation is 1. The molecule has 0 atom stereocenters. The van der Waals surface area contributed by atoms with E-state index in [1.807, 2.05) is 31.2 Å². The number of hydrogen-bond acceptors (Lipinski definition) is 4. The number of halogens is 1. The average molecular weight is 364 g/mol. The highest BCUT2D eigenvalue weighted by Gasteiger charge is 2.10. The number of ether oxygens (including phenoxy) is 1. The van der Waals surface area contributed by atoms with Crippen LogP contribution in [0.1, 0.15) is 21.5 Å². The molecule has 0 bridgehead atoms. The third-order valence-electron chi connectivity index (χ3n) is 3.35. The summed E-state index contributed by atoms with van der Waals surface area (Å²) in [6, 6.07) is 12.6. The molecule has 0 aliphatic carbocycles. The molecule has 0 heterocycles. The Bertz CT molecular complexity index is 732. The van der Waals surface area contributed by atoms with E-state index >= 15 is 0 Å². The minimum atomic E-state index is -0.428. The van der Waals surface area contributed by atoms with Crippen LogP contribution in [0.2, 0.25) is 5.02 Å². The van der Waals surface area contributed by atoms with E-state index in [1.165, 1.54) is 18.9 Å². The lowest BCUT2D eigenvalue weighted by Gasteiger charge is -2.10. The molecule has 0 fully saturated rings. The normalized spacial score (nSPS) is 10.3. The Kier molecular flexibility index (Phi) is 6.70. The van der Waals surface area contributed by atoms with E-state index in [-0.39, 0.29) is 5.91 Å². The summed E-state index contributed by atoms with van der Waals surface area (Å²) in [7, 11) is 1.33. The third kappa shape index (κ3) is 5.28. The van der Waals surface area contributed by atoms with Crippen molar-refractivity contribution in [1.29, 1.82) is 0 Å². The lowest BCUT2D eigenvalue weighted by molar-refractivity contribution is -0.113. The van der Waals surface area contributed by atoms with Gasteiger partial charge in [-0.2, -0.15) is 0 Å². The molecule has 2 aromatic rings. The fourth-order valence-electron chi connectivity index (χ4n) is 2.03. The van der Waals surface area contributed by atoms with Crippen LogP contribution in [-0.4, -0.2) is 24.7 Å². The fourth-order valence-corrected chi connectivity index (χ4v) is 2.94. The summed E-state index contributed by atoms with van der Waals surface area (Å²) in [6.45, 7) is 1.87. The van der Waals surface area contributed by atoms with Crippen LogP contribution in [0, 0.1) is 6.92 Å². The van der Waals surface area contributed by atoms with Crippen LogP contribution in [0.25, 0.3) is 0 Å². The molecule has 126 valence electrons. The van der Waals surface area contributed by atoms with Gasteiger partial charge in [0.05, 0.1) is 18.4 Å². The number of carbonyl (C=O) groups excluding carboxylic acids is 2. The summed E-state index contributed by atoms with van der Waals surface area (Å²) in [5.74, 6) is 0.512. The van der Waals surface area contributed by atoms with Crippen LogP contribution in [-0.2, 0) is 15.3 Å². The van der Waals surface area contributed by atoms with Crippen molar-refractivity contribution >= 4 is 40.9 Å². The summed E-state index contributed by atoms with van der Waals surface area (Å²) in [5.41, 5.74) is 3.03. The van der Waals surface area contributed by atoms with Crippen molar-refractivity contribution in [2.24, 2.45) is 0 Å². The van der Waals surface area contributed by atoms with Gasteiger partial charge in [0.25, 0.3) is 0 Å². The highest BCUT2D eigenvalue weighted by molar-refractivity contribution is 7.99. The molecule has 0 unspecified atom stereocenters. The van der Waals surface area contributed by atoms with E-state index < -0.39 is 5.97 Å². The molecular weight excluding hydrogens is 346 g/mol. The highest BCUT2D eigenvalue weighted by atomic mass is 35.5.